The lowest BCUT2D eigenvalue weighted by Crippen LogP contribution is -2.03. The maximum Gasteiger partial charge on any atom is 0.174 e. The first-order valence-electron chi connectivity index (χ1n) is 5.88. The van der Waals surface area contributed by atoms with Crippen LogP contribution < -0.4 is 11.1 Å². The number of halogens is 2. The Labute approximate surface area is 119 Å². The third-order valence-corrected chi connectivity index (χ3v) is 3.09. The van der Waals surface area contributed by atoms with Gasteiger partial charge in [-0.2, -0.15) is 0 Å². The molecular weight excluding hydrogens is 279 g/mol. The molecule has 4 nitrogen and oxygen atoms in total. The fraction of sp³-hybridized carbons (Fsp3) is 0. The highest BCUT2D eigenvalue weighted by atomic mass is 35.5. The SMILES string of the molecule is Nc1nc2ccccc2nc1Nc1cccc(Cl)c1F. The molecule has 0 saturated heterocycles. The van der Waals surface area contributed by atoms with Crippen molar-refractivity contribution >= 4 is 40.0 Å². The van der Waals surface area contributed by atoms with Gasteiger partial charge in [0.15, 0.2) is 17.5 Å². The number of nitrogens with two attached hydrogens (primary N) is 1. The van der Waals surface area contributed by atoms with Gasteiger partial charge in [0, 0.05) is 0 Å². The van der Waals surface area contributed by atoms with Crippen LogP contribution in [-0.2, 0) is 0 Å². The Morgan fingerprint density at radius 1 is 1.00 bits per heavy atom. The van der Waals surface area contributed by atoms with Gasteiger partial charge in [-0.15, -0.1) is 0 Å². The largest absolute Gasteiger partial charge is 0.381 e. The summed E-state index contributed by atoms with van der Waals surface area (Å²) in [4.78, 5) is 8.55. The fourth-order valence-corrected chi connectivity index (χ4v) is 2.01. The average molecular weight is 289 g/mol. The molecule has 3 rings (SSSR count). The molecule has 6 heteroatoms. The summed E-state index contributed by atoms with van der Waals surface area (Å²) in [6.07, 6.45) is 0. The van der Waals surface area contributed by atoms with Crippen molar-refractivity contribution in [3.63, 3.8) is 0 Å². The van der Waals surface area contributed by atoms with E-state index in [-0.39, 0.29) is 16.5 Å². The van der Waals surface area contributed by atoms with Crippen molar-refractivity contribution in [1.29, 1.82) is 0 Å². The Morgan fingerprint density at radius 3 is 2.45 bits per heavy atom. The molecule has 20 heavy (non-hydrogen) atoms. The van der Waals surface area contributed by atoms with Gasteiger partial charge in [0.05, 0.1) is 21.7 Å². The Hall–Kier alpha value is -2.40. The van der Waals surface area contributed by atoms with Crippen LogP contribution in [0.5, 0.6) is 0 Å². The molecule has 0 radical (unpaired) electrons. The molecule has 0 atom stereocenters. The van der Waals surface area contributed by atoms with Crippen molar-refractivity contribution in [1.82, 2.24) is 9.97 Å². The average Bonchev–Trinajstić information content (AvgIpc) is 2.44. The maximum absolute atomic E-state index is 13.8. The van der Waals surface area contributed by atoms with Crippen LogP contribution in [-0.4, -0.2) is 9.97 Å². The second-order valence-corrected chi connectivity index (χ2v) is 4.58. The number of fused-ring (bicyclic) bond motifs is 1. The molecule has 3 aromatic rings. The second kappa shape index (κ2) is 4.94. The molecule has 0 amide bonds. The van der Waals surface area contributed by atoms with Gasteiger partial charge in [0.25, 0.3) is 0 Å². The number of anilines is 3. The predicted octanol–water partition coefficient (Wildman–Crippen LogP) is 3.75. The van der Waals surface area contributed by atoms with Crippen molar-refractivity contribution in [2.45, 2.75) is 0 Å². The third-order valence-electron chi connectivity index (χ3n) is 2.80. The quantitative estimate of drug-likeness (QED) is 0.754. The van der Waals surface area contributed by atoms with E-state index in [1.165, 1.54) is 6.07 Å². The molecule has 100 valence electrons. The zero-order valence-corrected chi connectivity index (χ0v) is 11.0. The van der Waals surface area contributed by atoms with Crippen LogP contribution in [0.15, 0.2) is 42.5 Å². The summed E-state index contributed by atoms with van der Waals surface area (Å²) in [5, 5.41) is 2.85. The van der Waals surface area contributed by atoms with Gasteiger partial charge in [-0.3, -0.25) is 0 Å². The van der Waals surface area contributed by atoms with E-state index in [9.17, 15) is 4.39 Å². The van der Waals surface area contributed by atoms with Crippen LogP contribution in [0, 0.1) is 5.82 Å². The summed E-state index contributed by atoms with van der Waals surface area (Å²) >= 11 is 5.73. The molecule has 0 saturated carbocycles. The number of nitrogen functional groups attached to an aromatic ring is 1. The van der Waals surface area contributed by atoms with Crippen LogP contribution in [0.3, 0.4) is 0 Å². The molecule has 1 aromatic heterocycles. The van der Waals surface area contributed by atoms with E-state index in [2.05, 4.69) is 15.3 Å². The Morgan fingerprint density at radius 2 is 1.70 bits per heavy atom. The molecule has 1 heterocycles. The van der Waals surface area contributed by atoms with E-state index in [4.69, 9.17) is 17.3 Å². The first kappa shape index (κ1) is 12.6. The minimum atomic E-state index is -0.552. The van der Waals surface area contributed by atoms with E-state index in [0.29, 0.717) is 16.9 Å². The van der Waals surface area contributed by atoms with Crippen molar-refractivity contribution in [3.8, 4) is 0 Å². The number of aromatic nitrogens is 2. The molecule has 0 unspecified atom stereocenters. The van der Waals surface area contributed by atoms with Crippen molar-refractivity contribution in [3.05, 3.63) is 53.3 Å². The van der Waals surface area contributed by atoms with Gasteiger partial charge < -0.3 is 11.1 Å². The van der Waals surface area contributed by atoms with Gasteiger partial charge >= 0.3 is 0 Å². The van der Waals surface area contributed by atoms with Crippen LogP contribution in [0.4, 0.5) is 21.7 Å². The molecule has 0 aliphatic heterocycles. The molecular formula is C14H10ClFN4. The van der Waals surface area contributed by atoms with Crippen LogP contribution in [0.1, 0.15) is 0 Å². The van der Waals surface area contributed by atoms with Crippen LogP contribution in [0.2, 0.25) is 5.02 Å². The predicted molar refractivity (Wildman–Crippen MR) is 78.6 cm³/mol. The van der Waals surface area contributed by atoms with E-state index < -0.39 is 5.82 Å². The topological polar surface area (TPSA) is 63.8 Å². The van der Waals surface area contributed by atoms with E-state index in [0.717, 1.165) is 0 Å². The van der Waals surface area contributed by atoms with E-state index >= 15 is 0 Å². The normalized spacial score (nSPS) is 10.7. The van der Waals surface area contributed by atoms with Gasteiger partial charge in [-0.1, -0.05) is 29.8 Å². The third kappa shape index (κ3) is 2.23. The van der Waals surface area contributed by atoms with E-state index in [1.807, 2.05) is 18.2 Å². The molecule has 0 spiro atoms. The van der Waals surface area contributed by atoms with Crippen molar-refractivity contribution < 1.29 is 4.39 Å². The van der Waals surface area contributed by atoms with Gasteiger partial charge in [-0.05, 0) is 24.3 Å². The highest BCUT2D eigenvalue weighted by molar-refractivity contribution is 6.31. The number of rotatable bonds is 2. The zero-order chi connectivity index (χ0) is 14.1. The highest BCUT2D eigenvalue weighted by Crippen LogP contribution is 2.27. The Kier molecular flexibility index (Phi) is 3.12. The number of para-hydroxylation sites is 2. The van der Waals surface area contributed by atoms with Crippen LogP contribution >= 0.6 is 11.6 Å². The van der Waals surface area contributed by atoms with Gasteiger partial charge in [-0.25, -0.2) is 14.4 Å². The first-order chi connectivity index (χ1) is 9.65. The summed E-state index contributed by atoms with van der Waals surface area (Å²) < 4.78 is 13.8. The van der Waals surface area contributed by atoms with Gasteiger partial charge in [0.1, 0.15) is 0 Å². The molecule has 2 aromatic carbocycles. The number of nitrogens with one attached hydrogen (secondary N) is 1. The molecule has 3 N–H and O–H groups in total. The highest BCUT2D eigenvalue weighted by Gasteiger charge is 2.10. The van der Waals surface area contributed by atoms with E-state index in [1.54, 1.807) is 18.2 Å². The standard InChI is InChI=1S/C14H10ClFN4/c15-8-4-3-7-11(12(8)16)20-14-13(17)18-9-5-1-2-6-10(9)19-14/h1-7H,(H2,17,18)(H,19,20). The Balaban J connectivity index is 2.06. The molecule has 0 bridgehead atoms. The number of hydrogen-bond donors (Lipinski definition) is 2. The Bertz CT molecular complexity index is 791. The molecule has 0 fully saturated rings. The smallest absolute Gasteiger partial charge is 0.174 e. The fourth-order valence-electron chi connectivity index (χ4n) is 1.83. The minimum Gasteiger partial charge on any atom is -0.381 e. The maximum atomic E-state index is 13.8. The second-order valence-electron chi connectivity index (χ2n) is 4.17. The summed E-state index contributed by atoms with van der Waals surface area (Å²) in [6, 6.07) is 12.0. The monoisotopic (exact) mass is 288 g/mol. The van der Waals surface area contributed by atoms with Crippen LogP contribution in [0.25, 0.3) is 11.0 Å². The number of benzene rings is 2. The summed E-state index contributed by atoms with van der Waals surface area (Å²) in [5.41, 5.74) is 7.39. The van der Waals surface area contributed by atoms with Crippen molar-refractivity contribution in [2.75, 3.05) is 11.1 Å². The summed E-state index contributed by atoms with van der Waals surface area (Å²) in [5.74, 6) is -0.0588. The lowest BCUT2D eigenvalue weighted by molar-refractivity contribution is 0.632. The molecule has 0 aliphatic carbocycles. The number of hydrogen-bond acceptors (Lipinski definition) is 4. The number of nitrogens with zero attached hydrogens (tertiary/aromatic N) is 2. The molecule has 0 aliphatic rings. The first-order valence-corrected chi connectivity index (χ1v) is 6.26. The van der Waals surface area contributed by atoms with Crippen molar-refractivity contribution in [2.24, 2.45) is 0 Å². The van der Waals surface area contributed by atoms with Gasteiger partial charge in [0.2, 0.25) is 0 Å². The lowest BCUT2D eigenvalue weighted by atomic mass is 10.3. The minimum absolute atomic E-state index is 0.0299. The zero-order valence-electron chi connectivity index (χ0n) is 10.3. The summed E-state index contributed by atoms with van der Waals surface area (Å²) in [6.45, 7) is 0. The lowest BCUT2D eigenvalue weighted by Gasteiger charge is -2.10. The summed E-state index contributed by atoms with van der Waals surface area (Å²) in [7, 11) is 0.